The third-order valence-corrected chi connectivity index (χ3v) is 8.10. The van der Waals surface area contributed by atoms with Gasteiger partial charge < -0.3 is 5.32 Å². The van der Waals surface area contributed by atoms with Crippen molar-refractivity contribution in [1.29, 1.82) is 0 Å². The van der Waals surface area contributed by atoms with E-state index in [0.29, 0.717) is 19.4 Å². The van der Waals surface area contributed by atoms with Crippen LogP contribution in [0.4, 0.5) is 11.4 Å². The van der Waals surface area contributed by atoms with Crippen molar-refractivity contribution < 1.29 is 13.2 Å². The van der Waals surface area contributed by atoms with Crippen molar-refractivity contribution in [1.82, 2.24) is 0 Å². The van der Waals surface area contributed by atoms with E-state index in [2.05, 4.69) is 24.4 Å². The van der Waals surface area contributed by atoms with Crippen molar-refractivity contribution >= 4 is 27.3 Å². The van der Waals surface area contributed by atoms with Gasteiger partial charge in [-0.1, -0.05) is 55.8 Å². The quantitative estimate of drug-likeness (QED) is 0.428. The first-order valence-corrected chi connectivity index (χ1v) is 13.5. The maximum absolute atomic E-state index is 13.3. The van der Waals surface area contributed by atoms with Gasteiger partial charge in [0.25, 0.3) is 10.0 Å². The lowest BCUT2D eigenvalue weighted by Crippen LogP contribution is -2.35. The minimum Gasteiger partial charge on any atom is -0.326 e. The number of anilines is 2. The van der Waals surface area contributed by atoms with Crippen LogP contribution in [0.1, 0.15) is 49.3 Å². The highest BCUT2D eigenvalue weighted by molar-refractivity contribution is 7.92. The van der Waals surface area contributed by atoms with E-state index in [9.17, 15) is 13.2 Å². The molecule has 5 nitrogen and oxygen atoms in total. The fourth-order valence-electron chi connectivity index (χ4n) is 4.32. The molecule has 0 saturated heterocycles. The predicted octanol–water partition coefficient (Wildman–Crippen LogP) is 5.74. The molecule has 3 aromatic rings. The Hall–Kier alpha value is -3.12. The highest BCUT2D eigenvalue weighted by Gasteiger charge is 2.28. The van der Waals surface area contributed by atoms with Crippen molar-refractivity contribution in [3.8, 4) is 0 Å². The molecule has 0 bridgehead atoms. The van der Waals surface area contributed by atoms with Crippen LogP contribution in [0.15, 0.2) is 77.7 Å². The third kappa shape index (κ3) is 5.68. The number of sulfonamides is 1. The smallest absolute Gasteiger partial charge is 0.264 e. The molecule has 0 unspecified atom stereocenters. The molecule has 0 fully saturated rings. The normalized spacial score (nSPS) is 13.4. The molecule has 178 valence electrons. The van der Waals surface area contributed by atoms with E-state index in [1.165, 1.54) is 9.87 Å². The molecule has 1 aliphatic rings. The Bertz CT molecular complexity index is 1220. The summed E-state index contributed by atoms with van der Waals surface area (Å²) >= 11 is 0. The number of nitrogens with one attached hydrogen (secondary N) is 1. The summed E-state index contributed by atoms with van der Waals surface area (Å²) in [6.07, 6.45) is 5.98. The maximum Gasteiger partial charge on any atom is 0.264 e. The van der Waals surface area contributed by atoms with E-state index < -0.39 is 10.0 Å². The molecule has 0 radical (unpaired) electrons. The van der Waals surface area contributed by atoms with Crippen molar-refractivity contribution in [3.63, 3.8) is 0 Å². The first-order valence-electron chi connectivity index (χ1n) is 12.1. The Kier molecular flexibility index (Phi) is 7.68. The first kappa shape index (κ1) is 24.0. The minimum atomic E-state index is -3.62. The number of para-hydroxylation sites is 1. The van der Waals surface area contributed by atoms with Crippen LogP contribution in [0.2, 0.25) is 0 Å². The summed E-state index contributed by atoms with van der Waals surface area (Å²) in [4.78, 5) is 12.7. The van der Waals surface area contributed by atoms with Crippen LogP contribution in [0.3, 0.4) is 0 Å². The lowest BCUT2D eigenvalue weighted by molar-refractivity contribution is -0.116. The number of fused-ring (bicyclic) bond motifs is 1. The van der Waals surface area contributed by atoms with Crippen LogP contribution >= 0.6 is 0 Å². The summed E-state index contributed by atoms with van der Waals surface area (Å²) in [6.45, 7) is 2.66. The molecule has 1 amide bonds. The van der Waals surface area contributed by atoms with Crippen LogP contribution in [-0.2, 0) is 34.1 Å². The SMILES string of the molecule is CCCCc1ccc(NC(=O)CCc2ccc(S(=O)(=O)N3CCCc4ccccc43)cc2)cc1. The summed E-state index contributed by atoms with van der Waals surface area (Å²) < 4.78 is 28.1. The summed E-state index contributed by atoms with van der Waals surface area (Å²) in [5.74, 6) is -0.0528. The molecule has 34 heavy (non-hydrogen) atoms. The second kappa shape index (κ2) is 10.9. The lowest BCUT2D eigenvalue weighted by Gasteiger charge is -2.30. The summed E-state index contributed by atoms with van der Waals surface area (Å²) in [5, 5.41) is 2.94. The maximum atomic E-state index is 13.3. The molecular weight excluding hydrogens is 444 g/mol. The summed E-state index contributed by atoms with van der Waals surface area (Å²) in [6, 6.07) is 22.6. The van der Waals surface area contributed by atoms with Crippen molar-refractivity contribution in [2.24, 2.45) is 0 Å². The van der Waals surface area contributed by atoms with Gasteiger partial charge in [-0.05, 0) is 79.1 Å². The van der Waals surface area contributed by atoms with Crippen LogP contribution < -0.4 is 9.62 Å². The number of carbonyl (C=O) groups excluding carboxylic acids is 1. The second-order valence-electron chi connectivity index (χ2n) is 8.80. The Labute approximate surface area is 202 Å². The number of carbonyl (C=O) groups is 1. The molecule has 1 N–H and O–H groups in total. The number of nitrogens with zero attached hydrogens (tertiary/aromatic N) is 1. The highest BCUT2D eigenvalue weighted by Crippen LogP contribution is 2.31. The van der Waals surface area contributed by atoms with E-state index in [1.54, 1.807) is 24.3 Å². The van der Waals surface area contributed by atoms with Gasteiger partial charge in [0, 0.05) is 18.7 Å². The van der Waals surface area contributed by atoms with E-state index in [1.807, 2.05) is 36.4 Å². The predicted molar refractivity (Wildman–Crippen MR) is 138 cm³/mol. The molecule has 1 heterocycles. The van der Waals surface area contributed by atoms with E-state index in [4.69, 9.17) is 0 Å². The molecule has 3 aromatic carbocycles. The molecule has 6 heteroatoms. The van der Waals surface area contributed by atoms with Gasteiger partial charge in [-0.25, -0.2) is 8.42 Å². The van der Waals surface area contributed by atoms with Gasteiger partial charge in [0.1, 0.15) is 0 Å². The number of hydrogen-bond donors (Lipinski definition) is 1. The van der Waals surface area contributed by atoms with Crippen molar-refractivity contribution in [2.75, 3.05) is 16.2 Å². The lowest BCUT2D eigenvalue weighted by atomic mass is 10.0. The monoisotopic (exact) mass is 476 g/mol. The van der Waals surface area contributed by atoms with Crippen molar-refractivity contribution in [2.45, 2.75) is 56.8 Å². The molecule has 1 aliphatic heterocycles. The number of benzene rings is 3. The number of hydrogen-bond acceptors (Lipinski definition) is 3. The van der Waals surface area contributed by atoms with E-state index >= 15 is 0 Å². The minimum absolute atomic E-state index is 0.0528. The first-order chi connectivity index (χ1) is 16.5. The molecule has 0 spiro atoms. The average molecular weight is 477 g/mol. The van der Waals surface area contributed by atoms with Gasteiger partial charge in [0.05, 0.1) is 10.6 Å². The zero-order valence-electron chi connectivity index (χ0n) is 19.7. The van der Waals surface area contributed by atoms with E-state index in [-0.39, 0.29) is 10.8 Å². The van der Waals surface area contributed by atoms with Gasteiger partial charge in [0.2, 0.25) is 5.91 Å². The number of amides is 1. The van der Waals surface area contributed by atoms with Crippen LogP contribution in [0.5, 0.6) is 0 Å². The van der Waals surface area contributed by atoms with Gasteiger partial charge in [0.15, 0.2) is 0 Å². The fourth-order valence-corrected chi connectivity index (χ4v) is 5.86. The van der Waals surface area contributed by atoms with Crippen LogP contribution in [0, 0.1) is 0 Å². The van der Waals surface area contributed by atoms with Gasteiger partial charge >= 0.3 is 0 Å². The number of unbranched alkanes of at least 4 members (excludes halogenated alkanes) is 1. The van der Waals surface area contributed by atoms with Gasteiger partial charge in [-0.15, -0.1) is 0 Å². The van der Waals surface area contributed by atoms with Gasteiger partial charge in [-0.3, -0.25) is 9.10 Å². The second-order valence-corrected chi connectivity index (χ2v) is 10.7. The summed E-state index contributed by atoms with van der Waals surface area (Å²) in [7, 11) is -3.62. The fraction of sp³-hybridized carbons (Fsp3) is 0.321. The highest BCUT2D eigenvalue weighted by atomic mass is 32.2. The standard InChI is InChI=1S/C28H32N2O3S/c1-2-3-7-22-11-16-25(17-12-22)29-28(31)20-15-23-13-18-26(19-14-23)34(32,33)30-21-6-9-24-8-4-5-10-27(24)30/h4-5,8,10-14,16-19H,2-3,6-7,9,15,20-21H2,1H3,(H,29,31). The average Bonchev–Trinajstić information content (AvgIpc) is 2.87. The molecule has 0 aromatic heterocycles. The molecule has 0 aliphatic carbocycles. The molecular formula is C28H32N2O3S. The van der Waals surface area contributed by atoms with Crippen LogP contribution in [0.25, 0.3) is 0 Å². The number of rotatable bonds is 9. The Morgan fingerprint density at radius 2 is 1.59 bits per heavy atom. The van der Waals surface area contributed by atoms with Gasteiger partial charge in [-0.2, -0.15) is 0 Å². The van der Waals surface area contributed by atoms with E-state index in [0.717, 1.165) is 54.6 Å². The number of aryl methyl sites for hydroxylation is 3. The Morgan fingerprint density at radius 3 is 2.32 bits per heavy atom. The van der Waals surface area contributed by atoms with Crippen LogP contribution in [-0.4, -0.2) is 20.9 Å². The molecule has 4 rings (SSSR count). The zero-order chi connectivity index (χ0) is 24.0. The summed E-state index contributed by atoms with van der Waals surface area (Å²) in [5.41, 5.74) is 4.85. The largest absolute Gasteiger partial charge is 0.326 e. The van der Waals surface area contributed by atoms with Crippen molar-refractivity contribution in [3.05, 3.63) is 89.5 Å². The third-order valence-electron chi connectivity index (χ3n) is 6.28. The Balaban J connectivity index is 1.34. The molecule has 0 saturated carbocycles. The Morgan fingerprint density at radius 1 is 0.912 bits per heavy atom. The topological polar surface area (TPSA) is 66.5 Å². The zero-order valence-corrected chi connectivity index (χ0v) is 20.5. The molecule has 0 atom stereocenters.